The Hall–Kier alpha value is -2.46. The lowest BCUT2D eigenvalue weighted by Crippen LogP contribution is -2.13. The van der Waals surface area contributed by atoms with E-state index in [2.05, 4.69) is 9.97 Å². The first-order valence-electron chi connectivity index (χ1n) is 6.78. The van der Waals surface area contributed by atoms with Crippen molar-refractivity contribution in [1.29, 1.82) is 0 Å². The average molecular weight is 281 g/mol. The maximum Gasteiger partial charge on any atom is 0.128 e. The standard InChI is InChI=1S/C17H16FN3/c1-11-16(13-8-5-9-14(18)10-13)21-17(20-11)15(19)12-6-3-2-4-7-12/h2-10,15H,19H2,1H3,(H,20,21). The molecule has 0 aliphatic heterocycles. The fourth-order valence-electron chi connectivity index (χ4n) is 2.37. The summed E-state index contributed by atoms with van der Waals surface area (Å²) in [6.07, 6.45) is 0. The van der Waals surface area contributed by atoms with Gasteiger partial charge in [-0.15, -0.1) is 0 Å². The van der Waals surface area contributed by atoms with Gasteiger partial charge in [0.05, 0.1) is 11.7 Å². The van der Waals surface area contributed by atoms with Crippen molar-refractivity contribution < 1.29 is 4.39 Å². The molecular formula is C17H16FN3. The van der Waals surface area contributed by atoms with Crippen LogP contribution in [0.4, 0.5) is 4.39 Å². The van der Waals surface area contributed by atoms with Crippen molar-refractivity contribution in [2.75, 3.05) is 0 Å². The Morgan fingerprint density at radius 1 is 1.10 bits per heavy atom. The van der Waals surface area contributed by atoms with Crippen LogP contribution < -0.4 is 5.73 Å². The summed E-state index contributed by atoms with van der Waals surface area (Å²) in [5.41, 5.74) is 9.58. The Morgan fingerprint density at radius 3 is 2.57 bits per heavy atom. The summed E-state index contributed by atoms with van der Waals surface area (Å²) in [6, 6.07) is 15.8. The maximum absolute atomic E-state index is 13.4. The predicted octanol–water partition coefficient (Wildman–Crippen LogP) is 3.57. The molecule has 21 heavy (non-hydrogen) atoms. The Morgan fingerprint density at radius 2 is 1.86 bits per heavy atom. The molecule has 0 amide bonds. The molecule has 1 unspecified atom stereocenters. The van der Waals surface area contributed by atoms with E-state index in [0.717, 1.165) is 22.5 Å². The lowest BCUT2D eigenvalue weighted by molar-refractivity contribution is 0.628. The van der Waals surface area contributed by atoms with Crippen LogP contribution in [0.2, 0.25) is 0 Å². The highest BCUT2D eigenvalue weighted by molar-refractivity contribution is 5.62. The van der Waals surface area contributed by atoms with Crippen LogP contribution in [0.5, 0.6) is 0 Å². The molecule has 0 saturated heterocycles. The van der Waals surface area contributed by atoms with Gasteiger partial charge in [-0.1, -0.05) is 42.5 Å². The van der Waals surface area contributed by atoms with Gasteiger partial charge in [-0.2, -0.15) is 0 Å². The molecule has 1 atom stereocenters. The number of aryl methyl sites for hydroxylation is 1. The third-order valence-corrected chi connectivity index (χ3v) is 3.45. The molecule has 0 aliphatic carbocycles. The molecule has 3 N–H and O–H groups in total. The topological polar surface area (TPSA) is 54.7 Å². The number of aromatic nitrogens is 2. The summed E-state index contributed by atoms with van der Waals surface area (Å²) >= 11 is 0. The first-order chi connectivity index (χ1) is 10.1. The van der Waals surface area contributed by atoms with Gasteiger partial charge in [0, 0.05) is 11.3 Å². The van der Waals surface area contributed by atoms with Crippen LogP contribution in [0.25, 0.3) is 11.3 Å². The average Bonchev–Trinajstić information content (AvgIpc) is 2.89. The van der Waals surface area contributed by atoms with Gasteiger partial charge in [0.1, 0.15) is 11.6 Å². The first-order valence-corrected chi connectivity index (χ1v) is 6.78. The Balaban J connectivity index is 1.98. The number of hydrogen-bond donors (Lipinski definition) is 2. The van der Waals surface area contributed by atoms with E-state index in [1.165, 1.54) is 12.1 Å². The predicted molar refractivity (Wildman–Crippen MR) is 81.2 cm³/mol. The normalized spacial score (nSPS) is 12.3. The van der Waals surface area contributed by atoms with Gasteiger partial charge in [-0.05, 0) is 24.6 Å². The summed E-state index contributed by atoms with van der Waals surface area (Å²) in [5.74, 6) is 0.404. The zero-order chi connectivity index (χ0) is 14.8. The summed E-state index contributed by atoms with van der Waals surface area (Å²) < 4.78 is 13.4. The van der Waals surface area contributed by atoms with Gasteiger partial charge in [0.25, 0.3) is 0 Å². The van der Waals surface area contributed by atoms with Crippen LogP contribution in [0.1, 0.15) is 23.1 Å². The molecule has 3 nitrogen and oxygen atoms in total. The van der Waals surface area contributed by atoms with E-state index >= 15 is 0 Å². The summed E-state index contributed by atoms with van der Waals surface area (Å²) in [6.45, 7) is 1.91. The molecule has 0 spiro atoms. The molecule has 1 heterocycles. The van der Waals surface area contributed by atoms with Crippen molar-refractivity contribution in [1.82, 2.24) is 9.97 Å². The van der Waals surface area contributed by atoms with Gasteiger partial charge >= 0.3 is 0 Å². The van der Waals surface area contributed by atoms with Gasteiger partial charge in [-0.3, -0.25) is 0 Å². The lowest BCUT2D eigenvalue weighted by atomic mass is 10.1. The van der Waals surface area contributed by atoms with Crippen LogP contribution in [0.15, 0.2) is 54.6 Å². The van der Waals surface area contributed by atoms with Crippen molar-refractivity contribution in [3.8, 4) is 11.3 Å². The third kappa shape index (κ3) is 2.71. The zero-order valence-corrected chi connectivity index (χ0v) is 11.7. The van der Waals surface area contributed by atoms with E-state index in [4.69, 9.17) is 5.73 Å². The van der Waals surface area contributed by atoms with E-state index < -0.39 is 0 Å². The third-order valence-electron chi connectivity index (χ3n) is 3.45. The number of rotatable bonds is 3. The number of nitrogens with one attached hydrogen (secondary N) is 1. The molecule has 3 rings (SSSR count). The molecule has 0 aliphatic rings. The van der Waals surface area contributed by atoms with E-state index in [9.17, 15) is 4.39 Å². The monoisotopic (exact) mass is 281 g/mol. The lowest BCUT2D eigenvalue weighted by Gasteiger charge is -2.08. The second kappa shape index (κ2) is 5.50. The number of aromatic amines is 1. The quantitative estimate of drug-likeness (QED) is 0.771. The zero-order valence-electron chi connectivity index (χ0n) is 11.7. The summed E-state index contributed by atoms with van der Waals surface area (Å²) in [5, 5.41) is 0. The largest absolute Gasteiger partial charge is 0.344 e. The Labute approximate surface area is 122 Å². The SMILES string of the molecule is Cc1[nH]c(C(N)c2ccccc2)nc1-c1cccc(F)c1. The van der Waals surface area contributed by atoms with Crippen LogP contribution in [0, 0.1) is 12.7 Å². The molecule has 0 fully saturated rings. The van der Waals surface area contributed by atoms with Crippen LogP contribution in [-0.2, 0) is 0 Å². The van der Waals surface area contributed by atoms with Crippen molar-refractivity contribution >= 4 is 0 Å². The highest BCUT2D eigenvalue weighted by Gasteiger charge is 2.16. The number of halogens is 1. The fraction of sp³-hybridized carbons (Fsp3) is 0.118. The molecule has 0 radical (unpaired) electrons. The number of H-pyrrole nitrogens is 1. The molecule has 0 bridgehead atoms. The fourth-order valence-corrected chi connectivity index (χ4v) is 2.37. The minimum atomic E-state index is -0.327. The van der Waals surface area contributed by atoms with Crippen LogP contribution in [0.3, 0.4) is 0 Å². The molecule has 3 aromatic rings. The van der Waals surface area contributed by atoms with Crippen molar-refractivity contribution in [3.05, 3.63) is 77.5 Å². The van der Waals surface area contributed by atoms with Gasteiger partial charge in [0.15, 0.2) is 0 Å². The molecule has 1 aromatic heterocycles. The van der Waals surface area contributed by atoms with Gasteiger partial charge in [-0.25, -0.2) is 9.37 Å². The number of hydrogen-bond acceptors (Lipinski definition) is 2. The molecule has 0 saturated carbocycles. The minimum absolute atomic E-state index is 0.274. The van der Waals surface area contributed by atoms with E-state index in [-0.39, 0.29) is 11.9 Å². The highest BCUT2D eigenvalue weighted by Crippen LogP contribution is 2.25. The van der Waals surface area contributed by atoms with E-state index in [0.29, 0.717) is 5.82 Å². The van der Waals surface area contributed by atoms with Crippen LogP contribution in [-0.4, -0.2) is 9.97 Å². The van der Waals surface area contributed by atoms with Gasteiger partial charge < -0.3 is 10.7 Å². The van der Waals surface area contributed by atoms with Gasteiger partial charge in [0.2, 0.25) is 0 Å². The highest BCUT2D eigenvalue weighted by atomic mass is 19.1. The minimum Gasteiger partial charge on any atom is -0.344 e. The summed E-state index contributed by atoms with van der Waals surface area (Å²) in [7, 11) is 0. The molecular weight excluding hydrogens is 265 g/mol. The van der Waals surface area contributed by atoms with Crippen LogP contribution >= 0.6 is 0 Å². The Bertz CT molecular complexity index is 750. The number of benzene rings is 2. The molecule has 2 aromatic carbocycles. The molecule has 106 valence electrons. The number of nitrogens with two attached hydrogens (primary N) is 1. The van der Waals surface area contributed by atoms with E-state index in [1.807, 2.05) is 43.3 Å². The Kier molecular flexibility index (Phi) is 3.54. The van der Waals surface area contributed by atoms with Crippen molar-refractivity contribution in [2.24, 2.45) is 5.73 Å². The number of imidazole rings is 1. The second-order valence-electron chi connectivity index (χ2n) is 4.99. The van der Waals surface area contributed by atoms with Crippen molar-refractivity contribution in [2.45, 2.75) is 13.0 Å². The number of nitrogens with zero attached hydrogens (tertiary/aromatic N) is 1. The second-order valence-corrected chi connectivity index (χ2v) is 4.99. The smallest absolute Gasteiger partial charge is 0.128 e. The van der Waals surface area contributed by atoms with Crippen molar-refractivity contribution in [3.63, 3.8) is 0 Å². The van der Waals surface area contributed by atoms with E-state index in [1.54, 1.807) is 6.07 Å². The first kappa shape index (κ1) is 13.5. The molecule has 4 heteroatoms. The maximum atomic E-state index is 13.4. The summed E-state index contributed by atoms with van der Waals surface area (Å²) in [4.78, 5) is 7.75.